The summed E-state index contributed by atoms with van der Waals surface area (Å²) in [5, 5.41) is 5.88. The Balaban J connectivity index is 2.03. The number of anilines is 2. The van der Waals surface area contributed by atoms with Gasteiger partial charge in [-0.25, -0.2) is 4.79 Å². The maximum absolute atomic E-state index is 12.3. The molecule has 4 amide bonds. The van der Waals surface area contributed by atoms with Crippen LogP contribution in [0.2, 0.25) is 0 Å². The molecule has 1 aromatic heterocycles. The van der Waals surface area contributed by atoms with Gasteiger partial charge in [0.15, 0.2) is 0 Å². The van der Waals surface area contributed by atoms with E-state index in [1.807, 2.05) is 0 Å². The second kappa shape index (κ2) is 7.45. The number of amides is 4. The molecule has 0 radical (unpaired) electrons. The lowest BCUT2D eigenvalue weighted by Crippen LogP contribution is -2.26. The summed E-state index contributed by atoms with van der Waals surface area (Å²) in [4.78, 5) is 34.7. The number of carbonyl (C=O) groups is 3. The average molecular weight is 338 g/mol. The lowest BCUT2D eigenvalue weighted by molar-refractivity contribution is -0.121. The van der Waals surface area contributed by atoms with Crippen molar-refractivity contribution in [3.8, 4) is 0 Å². The normalized spacial score (nSPS) is 20.7. The van der Waals surface area contributed by atoms with Gasteiger partial charge in [0.1, 0.15) is 5.00 Å². The molecular weight excluding hydrogens is 316 g/mol. The van der Waals surface area contributed by atoms with Crippen LogP contribution in [0.1, 0.15) is 49.4 Å². The zero-order chi connectivity index (χ0) is 17.0. The van der Waals surface area contributed by atoms with Gasteiger partial charge >= 0.3 is 6.03 Å². The van der Waals surface area contributed by atoms with Gasteiger partial charge in [0.25, 0.3) is 5.91 Å². The second-order valence-electron chi connectivity index (χ2n) is 5.82. The van der Waals surface area contributed by atoms with Gasteiger partial charge in [-0.1, -0.05) is 24.7 Å². The highest BCUT2D eigenvalue weighted by molar-refractivity contribution is 7.20. The van der Waals surface area contributed by atoms with Crippen molar-refractivity contribution in [1.29, 1.82) is 0 Å². The molecule has 0 saturated heterocycles. The van der Waals surface area contributed by atoms with E-state index in [1.165, 1.54) is 6.07 Å². The quantitative estimate of drug-likeness (QED) is 0.658. The molecule has 1 aliphatic carbocycles. The Morgan fingerprint density at radius 1 is 1.17 bits per heavy atom. The van der Waals surface area contributed by atoms with Crippen LogP contribution in [0.4, 0.5) is 14.8 Å². The number of carbonyl (C=O) groups excluding carboxylic acids is 3. The van der Waals surface area contributed by atoms with Crippen molar-refractivity contribution in [2.24, 2.45) is 23.3 Å². The van der Waals surface area contributed by atoms with Crippen LogP contribution in [-0.2, 0) is 4.79 Å². The molecule has 126 valence electrons. The third kappa shape index (κ3) is 4.44. The van der Waals surface area contributed by atoms with E-state index in [-0.39, 0.29) is 22.4 Å². The fourth-order valence-electron chi connectivity index (χ4n) is 2.90. The van der Waals surface area contributed by atoms with Crippen LogP contribution in [-0.4, -0.2) is 17.8 Å². The molecule has 0 spiro atoms. The number of thiophene rings is 1. The van der Waals surface area contributed by atoms with Gasteiger partial charge in [0.05, 0.1) is 10.6 Å². The van der Waals surface area contributed by atoms with Gasteiger partial charge in [0.2, 0.25) is 5.91 Å². The molecule has 0 unspecified atom stereocenters. The maximum Gasteiger partial charge on any atom is 0.317 e. The Morgan fingerprint density at radius 2 is 1.83 bits per heavy atom. The Hall–Kier alpha value is -2.09. The summed E-state index contributed by atoms with van der Waals surface area (Å²) in [5.74, 6) is -0.0329. The van der Waals surface area contributed by atoms with Crippen LogP contribution < -0.4 is 22.1 Å². The number of nitrogens with one attached hydrogen (secondary N) is 2. The lowest BCUT2D eigenvalue weighted by Gasteiger charge is -2.26. The van der Waals surface area contributed by atoms with Crippen LogP contribution in [0.5, 0.6) is 0 Å². The fourth-order valence-corrected chi connectivity index (χ4v) is 3.87. The fraction of sp³-hybridized carbons (Fsp3) is 0.533. The third-order valence-corrected chi connectivity index (χ3v) is 5.24. The van der Waals surface area contributed by atoms with Gasteiger partial charge in [-0.3, -0.25) is 14.9 Å². The largest absolute Gasteiger partial charge is 0.366 e. The monoisotopic (exact) mass is 338 g/mol. The predicted octanol–water partition coefficient (Wildman–Crippen LogP) is 2.49. The number of hydrogen-bond donors (Lipinski definition) is 4. The van der Waals surface area contributed by atoms with Gasteiger partial charge < -0.3 is 16.8 Å². The van der Waals surface area contributed by atoms with Crippen LogP contribution in [0.25, 0.3) is 0 Å². The van der Waals surface area contributed by atoms with Crippen molar-refractivity contribution in [3.63, 3.8) is 0 Å². The molecule has 1 aromatic rings. The highest BCUT2D eigenvalue weighted by Gasteiger charge is 2.26. The standard InChI is InChI=1S/C15H22N4O3S/c1-2-8-3-5-9(6-4-8)13(21)18-11-7-10(12(16)20)14(23-11)19-15(17)22/h7-9H,2-6H2,1H3,(H2,16,20)(H,18,21)(H3,17,19,22). The molecule has 0 aromatic carbocycles. The van der Waals surface area contributed by atoms with Gasteiger partial charge in [-0.2, -0.15) is 0 Å². The smallest absolute Gasteiger partial charge is 0.317 e. The summed E-state index contributed by atoms with van der Waals surface area (Å²) < 4.78 is 0. The van der Waals surface area contributed by atoms with Crippen molar-refractivity contribution in [3.05, 3.63) is 11.6 Å². The van der Waals surface area contributed by atoms with E-state index in [4.69, 9.17) is 11.5 Å². The summed E-state index contributed by atoms with van der Waals surface area (Å²) in [6.07, 6.45) is 5.05. The van der Waals surface area contributed by atoms with Crippen molar-refractivity contribution >= 4 is 39.2 Å². The minimum absolute atomic E-state index is 0.00974. The van der Waals surface area contributed by atoms with Crippen molar-refractivity contribution < 1.29 is 14.4 Å². The molecule has 6 N–H and O–H groups in total. The molecule has 7 nitrogen and oxygen atoms in total. The topological polar surface area (TPSA) is 127 Å². The van der Waals surface area contributed by atoms with Crippen LogP contribution in [0.15, 0.2) is 6.07 Å². The highest BCUT2D eigenvalue weighted by atomic mass is 32.1. The zero-order valence-corrected chi connectivity index (χ0v) is 13.9. The molecule has 0 bridgehead atoms. The Bertz CT molecular complexity index is 606. The predicted molar refractivity (Wildman–Crippen MR) is 90.4 cm³/mol. The van der Waals surface area contributed by atoms with Gasteiger partial charge in [-0.05, 0) is 37.7 Å². The summed E-state index contributed by atoms with van der Waals surface area (Å²) in [6.45, 7) is 2.18. The summed E-state index contributed by atoms with van der Waals surface area (Å²) in [5.41, 5.74) is 10.5. The molecule has 0 aliphatic heterocycles. The Morgan fingerprint density at radius 3 is 2.35 bits per heavy atom. The molecule has 1 heterocycles. The first-order valence-electron chi connectivity index (χ1n) is 7.71. The molecular formula is C15H22N4O3S. The number of nitrogens with two attached hydrogens (primary N) is 2. The zero-order valence-electron chi connectivity index (χ0n) is 13.1. The van der Waals surface area contributed by atoms with E-state index in [0.717, 1.165) is 43.4 Å². The first-order chi connectivity index (χ1) is 10.9. The second-order valence-corrected chi connectivity index (χ2v) is 6.87. The van der Waals surface area contributed by atoms with Crippen LogP contribution in [0.3, 0.4) is 0 Å². The van der Waals surface area contributed by atoms with Crippen molar-refractivity contribution in [2.75, 3.05) is 10.6 Å². The van der Waals surface area contributed by atoms with Gasteiger partial charge in [0, 0.05) is 5.92 Å². The molecule has 23 heavy (non-hydrogen) atoms. The average Bonchev–Trinajstić information content (AvgIpc) is 2.89. The first-order valence-corrected chi connectivity index (χ1v) is 8.53. The third-order valence-electron chi connectivity index (χ3n) is 4.28. The first kappa shape index (κ1) is 17.3. The summed E-state index contributed by atoms with van der Waals surface area (Å²) in [6, 6.07) is 0.679. The Kier molecular flexibility index (Phi) is 5.59. The molecule has 8 heteroatoms. The van der Waals surface area contributed by atoms with Crippen LogP contribution in [0, 0.1) is 11.8 Å². The van der Waals surface area contributed by atoms with E-state index in [1.54, 1.807) is 0 Å². The molecule has 1 fully saturated rings. The number of hydrogen-bond acceptors (Lipinski definition) is 4. The SMILES string of the molecule is CCC1CCC(C(=O)Nc2cc(C(N)=O)c(NC(N)=O)s2)CC1. The molecule has 2 rings (SSSR count). The highest BCUT2D eigenvalue weighted by Crippen LogP contribution is 2.34. The van der Waals surface area contributed by atoms with Crippen molar-refractivity contribution in [1.82, 2.24) is 0 Å². The Labute approximate surface area is 138 Å². The molecule has 1 saturated carbocycles. The lowest BCUT2D eigenvalue weighted by atomic mass is 9.80. The number of primary amides is 2. The van der Waals surface area contributed by atoms with E-state index in [9.17, 15) is 14.4 Å². The van der Waals surface area contributed by atoms with Gasteiger partial charge in [-0.15, -0.1) is 0 Å². The van der Waals surface area contributed by atoms with E-state index < -0.39 is 11.9 Å². The van der Waals surface area contributed by atoms with E-state index in [2.05, 4.69) is 17.6 Å². The maximum atomic E-state index is 12.3. The number of rotatable bonds is 5. The van der Waals surface area contributed by atoms with Crippen LogP contribution >= 0.6 is 11.3 Å². The van der Waals surface area contributed by atoms with E-state index >= 15 is 0 Å². The van der Waals surface area contributed by atoms with E-state index in [0.29, 0.717) is 10.9 Å². The summed E-state index contributed by atoms with van der Waals surface area (Å²) in [7, 11) is 0. The minimum Gasteiger partial charge on any atom is -0.366 e. The summed E-state index contributed by atoms with van der Waals surface area (Å²) >= 11 is 1.07. The molecule has 0 atom stereocenters. The minimum atomic E-state index is -0.787. The molecule has 1 aliphatic rings. The number of urea groups is 1. The van der Waals surface area contributed by atoms with Crippen molar-refractivity contribution in [2.45, 2.75) is 39.0 Å².